The van der Waals surface area contributed by atoms with Crippen LogP contribution in [-0.4, -0.2) is 50.7 Å². The van der Waals surface area contributed by atoms with Gasteiger partial charge in [-0.25, -0.2) is 13.1 Å². The van der Waals surface area contributed by atoms with Crippen LogP contribution in [-0.2, 0) is 14.8 Å². The summed E-state index contributed by atoms with van der Waals surface area (Å²) >= 11 is 11.8. The molecule has 0 aromatic heterocycles. The Morgan fingerprint density at radius 2 is 2.00 bits per heavy atom. The Balaban J connectivity index is 1.77. The van der Waals surface area contributed by atoms with E-state index in [2.05, 4.69) is 4.72 Å². The molecule has 0 aliphatic carbocycles. The SMILES string of the molecule is CCCCS(=O)(=O)NC1CCN(C(=O)COc2ccc(Cl)cc2Cl)CC1. The van der Waals surface area contributed by atoms with E-state index in [0.29, 0.717) is 48.1 Å². The lowest BCUT2D eigenvalue weighted by atomic mass is 10.1. The topological polar surface area (TPSA) is 75.7 Å². The second-order valence-electron chi connectivity index (χ2n) is 6.31. The molecule has 146 valence electrons. The minimum atomic E-state index is -3.24. The van der Waals surface area contributed by atoms with Gasteiger partial charge in [0.15, 0.2) is 6.61 Å². The number of hydrogen-bond acceptors (Lipinski definition) is 4. The van der Waals surface area contributed by atoms with Gasteiger partial charge in [0.25, 0.3) is 5.91 Å². The lowest BCUT2D eigenvalue weighted by molar-refractivity contribution is -0.134. The van der Waals surface area contributed by atoms with Crippen LogP contribution >= 0.6 is 23.2 Å². The summed E-state index contributed by atoms with van der Waals surface area (Å²) in [5.74, 6) is 0.407. The number of likely N-dealkylation sites (tertiary alicyclic amines) is 1. The summed E-state index contributed by atoms with van der Waals surface area (Å²) in [6.45, 7) is 2.84. The van der Waals surface area contributed by atoms with E-state index in [1.807, 2.05) is 6.92 Å². The van der Waals surface area contributed by atoms with E-state index in [1.54, 1.807) is 23.1 Å². The molecule has 1 aromatic rings. The standard InChI is InChI=1S/C17H24Cl2N2O4S/c1-2-3-10-26(23,24)20-14-6-8-21(9-7-14)17(22)12-25-16-5-4-13(18)11-15(16)19/h4-5,11,14,20H,2-3,6-10,12H2,1H3. The highest BCUT2D eigenvalue weighted by Crippen LogP contribution is 2.27. The minimum absolute atomic E-state index is 0.117. The molecule has 1 aromatic carbocycles. The van der Waals surface area contributed by atoms with Gasteiger partial charge in [-0.05, 0) is 37.5 Å². The van der Waals surface area contributed by atoms with Crippen LogP contribution in [0.2, 0.25) is 10.0 Å². The molecule has 0 bridgehead atoms. The fraction of sp³-hybridized carbons (Fsp3) is 0.588. The Bertz CT molecular complexity index is 719. The smallest absolute Gasteiger partial charge is 0.260 e. The molecule has 0 atom stereocenters. The molecule has 1 N–H and O–H groups in total. The lowest BCUT2D eigenvalue weighted by Crippen LogP contribution is -2.48. The molecule has 1 heterocycles. The van der Waals surface area contributed by atoms with Gasteiger partial charge in [-0.1, -0.05) is 36.5 Å². The van der Waals surface area contributed by atoms with Gasteiger partial charge in [0.2, 0.25) is 10.0 Å². The van der Waals surface area contributed by atoms with Crippen LogP contribution in [0.25, 0.3) is 0 Å². The number of piperidine rings is 1. The van der Waals surface area contributed by atoms with Crippen molar-refractivity contribution < 1.29 is 17.9 Å². The molecule has 1 aliphatic heterocycles. The van der Waals surface area contributed by atoms with Crippen molar-refractivity contribution in [1.82, 2.24) is 9.62 Å². The zero-order valence-corrected chi connectivity index (χ0v) is 17.0. The first kappa shape index (κ1) is 21.3. The van der Waals surface area contributed by atoms with Crippen LogP contribution in [0.4, 0.5) is 0 Å². The quantitative estimate of drug-likeness (QED) is 0.697. The van der Waals surface area contributed by atoms with Crippen LogP contribution < -0.4 is 9.46 Å². The van der Waals surface area contributed by atoms with Gasteiger partial charge < -0.3 is 9.64 Å². The summed E-state index contributed by atoms with van der Waals surface area (Å²) in [5.41, 5.74) is 0. The van der Waals surface area contributed by atoms with E-state index >= 15 is 0 Å². The first-order chi connectivity index (χ1) is 12.3. The molecule has 1 amide bonds. The molecule has 0 radical (unpaired) electrons. The zero-order chi connectivity index (χ0) is 19.2. The lowest BCUT2D eigenvalue weighted by Gasteiger charge is -2.32. The number of carbonyl (C=O) groups is 1. The number of benzene rings is 1. The number of unbranched alkanes of at least 4 members (excludes halogenated alkanes) is 1. The summed E-state index contributed by atoms with van der Waals surface area (Å²) < 4.78 is 32.1. The van der Waals surface area contributed by atoms with Crippen molar-refractivity contribution in [3.8, 4) is 5.75 Å². The maximum atomic E-state index is 12.3. The van der Waals surface area contributed by atoms with Gasteiger partial charge in [-0.2, -0.15) is 0 Å². The molecule has 1 fully saturated rings. The number of amides is 1. The van der Waals surface area contributed by atoms with E-state index in [0.717, 1.165) is 6.42 Å². The summed E-state index contributed by atoms with van der Waals surface area (Å²) in [7, 11) is -3.24. The Hall–Kier alpha value is -1.02. The third kappa shape index (κ3) is 6.61. The molecule has 1 aliphatic rings. The van der Waals surface area contributed by atoms with E-state index < -0.39 is 10.0 Å². The molecule has 9 heteroatoms. The van der Waals surface area contributed by atoms with Gasteiger partial charge in [-0.3, -0.25) is 4.79 Å². The first-order valence-electron chi connectivity index (χ1n) is 8.66. The Kier molecular flexibility index (Phi) is 8.01. The highest BCUT2D eigenvalue weighted by molar-refractivity contribution is 7.89. The molecule has 26 heavy (non-hydrogen) atoms. The van der Waals surface area contributed by atoms with Crippen molar-refractivity contribution in [3.63, 3.8) is 0 Å². The second-order valence-corrected chi connectivity index (χ2v) is 9.03. The number of carbonyl (C=O) groups excluding carboxylic acids is 1. The third-order valence-electron chi connectivity index (χ3n) is 4.21. The fourth-order valence-corrected chi connectivity index (χ4v) is 4.71. The average Bonchev–Trinajstić information content (AvgIpc) is 2.59. The molecular weight excluding hydrogens is 399 g/mol. The number of halogens is 2. The van der Waals surface area contributed by atoms with Crippen molar-refractivity contribution in [2.24, 2.45) is 0 Å². The highest BCUT2D eigenvalue weighted by Gasteiger charge is 2.26. The second kappa shape index (κ2) is 9.78. The van der Waals surface area contributed by atoms with E-state index in [9.17, 15) is 13.2 Å². The number of ether oxygens (including phenoxy) is 1. The Morgan fingerprint density at radius 3 is 2.62 bits per heavy atom. The normalized spacial score (nSPS) is 15.9. The van der Waals surface area contributed by atoms with Crippen molar-refractivity contribution in [3.05, 3.63) is 28.2 Å². The molecule has 6 nitrogen and oxygen atoms in total. The highest BCUT2D eigenvalue weighted by atomic mass is 35.5. The van der Waals surface area contributed by atoms with Crippen molar-refractivity contribution >= 4 is 39.1 Å². The number of hydrogen-bond donors (Lipinski definition) is 1. The van der Waals surface area contributed by atoms with Gasteiger partial charge in [0.1, 0.15) is 5.75 Å². The van der Waals surface area contributed by atoms with Crippen molar-refractivity contribution in [2.45, 2.75) is 38.6 Å². The van der Waals surface area contributed by atoms with E-state index in [1.165, 1.54) is 0 Å². The number of rotatable bonds is 8. The Morgan fingerprint density at radius 1 is 1.31 bits per heavy atom. The minimum Gasteiger partial charge on any atom is -0.482 e. The largest absolute Gasteiger partial charge is 0.482 e. The van der Waals surface area contributed by atoms with Crippen LogP contribution in [0.1, 0.15) is 32.6 Å². The van der Waals surface area contributed by atoms with Gasteiger partial charge in [0.05, 0.1) is 10.8 Å². The first-order valence-corrected chi connectivity index (χ1v) is 11.1. The summed E-state index contributed by atoms with van der Waals surface area (Å²) in [6.07, 6.45) is 2.68. The number of sulfonamides is 1. The Labute approximate surface area is 164 Å². The van der Waals surface area contributed by atoms with Crippen molar-refractivity contribution in [2.75, 3.05) is 25.4 Å². The maximum absolute atomic E-state index is 12.3. The molecule has 0 spiro atoms. The molecule has 0 unspecified atom stereocenters. The third-order valence-corrected chi connectivity index (χ3v) is 6.25. The van der Waals surface area contributed by atoms with Crippen LogP contribution in [0.3, 0.4) is 0 Å². The van der Waals surface area contributed by atoms with Crippen LogP contribution in [0.15, 0.2) is 18.2 Å². The number of nitrogens with zero attached hydrogens (tertiary/aromatic N) is 1. The molecular formula is C17H24Cl2N2O4S. The number of nitrogens with one attached hydrogen (secondary N) is 1. The average molecular weight is 423 g/mol. The monoisotopic (exact) mass is 422 g/mol. The summed E-state index contributed by atoms with van der Waals surface area (Å²) in [4.78, 5) is 14.0. The van der Waals surface area contributed by atoms with Gasteiger partial charge in [0, 0.05) is 24.2 Å². The van der Waals surface area contributed by atoms with Crippen LogP contribution in [0.5, 0.6) is 5.75 Å². The van der Waals surface area contributed by atoms with Gasteiger partial charge in [-0.15, -0.1) is 0 Å². The predicted octanol–water partition coefficient (Wildman–Crippen LogP) is 3.08. The summed E-state index contributed by atoms with van der Waals surface area (Å²) in [6, 6.07) is 4.70. The van der Waals surface area contributed by atoms with Crippen molar-refractivity contribution in [1.29, 1.82) is 0 Å². The van der Waals surface area contributed by atoms with Crippen LogP contribution in [0, 0.1) is 0 Å². The summed E-state index contributed by atoms with van der Waals surface area (Å²) in [5, 5.41) is 0.850. The molecule has 1 saturated heterocycles. The van der Waals surface area contributed by atoms with E-state index in [-0.39, 0.29) is 24.3 Å². The predicted molar refractivity (Wildman–Crippen MR) is 103 cm³/mol. The van der Waals surface area contributed by atoms with E-state index in [4.69, 9.17) is 27.9 Å². The molecule has 2 rings (SSSR count). The van der Waals surface area contributed by atoms with Gasteiger partial charge >= 0.3 is 0 Å². The maximum Gasteiger partial charge on any atom is 0.260 e. The molecule has 0 saturated carbocycles. The zero-order valence-electron chi connectivity index (χ0n) is 14.7. The fourth-order valence-electron chi connectivity index (χ4n) is 2.72.